The molecule has 1 fully saturated rings. The van der Waals surface area contributed by atoms with E-state index in [4.69, 9.17) is 11.6 Å². The van der Waals surface area contributed by atoms with Crippen molar-refractivity contribution in [3.05, 3.63) is 53.3 Å². The van der Waals surface area contributed by atoms with E-state index in [1.807, 2.05) is 6.92 Å². The zero-order valence-corrected chi connectivity index (χ0v) is 16.9. The molecule has 6 nitrogen and oxygen atoms in total. The van der Waals surface area contributed by atoms with Gasteiger partial charge in [0.05, 0.1) is 15.9 Å². The van der Waals surface area contributed by atoms with Gasteiger partial charge in [0.15, 0.2) is 14.6 Å². The summed E-state index contributed by atoms with van der Waals surface area (Å²) in [6.07, 6.45) is 1.99. The minimum atomic E-state index is -3.87. The van der Waals surface area contributed by atoms with Gasteiger partial charge in [0.1, 0.15) is 5.82 Å². The molecule has 3 aromatic rings. The van der Waals surface area contributed by atoms with Crippen LogP contribution in [0, 0.1) is 6.92 Å². The Bertz CT molecular complexity index is 1150. The van der Waals surface area contributed by atoms with Crippen LogP contribution >= 0.6 is 11.6 Å². The van der Waals surface area contributed by atoms with Crippen LogP contribution < -0.4 is 5.32 Å². The van der Waals surface area contributed by atoms with Crippen molar-refractivity contribution in [1.29, 1.82) is 0 Å². The molecule has 1 heterocycles. The number of nitrogens with zero attached hydrogens (tertiary/aromatic N) is 1. The zero-order valence-electron chi connectivity index (χ0n) is 15.3. The lowest BCUT2D eigenvalue weighted by molar-refractivity contribution is -0.118. The fraction of sp³-hybridized carbons (Fsp3) is 0.300. The van der Waals surface area contributed by atoms with Gasteiger partial charge in [0.25, 0.3) is 0 Å². The Hall–Kier alpha value is -2.38. The molecule has 146 valence electrons. The summed E-state index contributed by atoms with van der Waals surface area (Å²) in [5.74, 6) is 0.284. The first kappa shape index (κ1) is 19.0. The Morgan fingerprint density at radius 1 is 1.14 bits per heavy atom. The van der Waals surface area contributed by atoms with Gasteiger partial charge in [-0.05, 0) is 62.2 Å². The number of halogens is 1. The molecule has 0 radical (unpaired) electrons. The second-order valence-electron chi connectivity index (χ2n) is 7.17. The van der Waals surface area contributed by atoms with Gasteiger partial charge in [-0.3, -0.25) is 4.79 Å². The summed E-state index contributed by atoms with van der Waals surface area (Å²) < 4.78 is 25.3. The number of carbonyl (C=O) groups is 1. The lowest BCUT2D eigenvalue weighted by Crippen LogP contribution is -2.47. The third-order valence-electron chi connectivity index (χ3n) is 5.32. The monoisotopic (exact) mass is 417 g/mol. The normalized spacial score (nSPS) is 16.4. The molecule has 1 saturated carbocycles. The molecule has 2 N–H and O–H groups in total. The molecular formula is C20H20ClN3O3S. The van der Waals surface area contributed by atoms with Crippen LogP contribution in [0.1, 0.15) is 31.5 Å². The maximum atomic E-state index is 13.4. The van der Waals surface area contributed by atoms with Gasteiger partial charge < -0.3 is 10.3 Å². The van der Waals surface area contributed by atoms with Gasteiger partial charge in [-0.25, -0.2) is 13.4 Å². The van der Waals surface area contributed by atoms with Gasteiger partial charge in [-0.2, -0.15) is 0 Å². The number of fused-ring (bicyclic) bond motifs is 1. The van der Waals surface area contributed by atoms with E-state index in [0.29, 0.717) is 36.4 Å². The van der Waals surface area contributed by atoms with Crippen molar-refractivity contribution in [3.8, 4) is 0 Å². The number of H-pyrrole nitrogens is 1. The van der Waals surface area contributed by atoms with Crippen molar-refractivity contribution in [2.24, 2.45) is 0 Å². The van der Waals surface area contributed by atoms with Crippen LogP contribution in [0.3, 0.4) is 0 Å². The Morgan fingerprint density at radius 3 is 2.50 bits per heavy atom. The van der Waals surface area contributed by atoms with Crippen molar-refractivity contribution >= 4 is 44.1 Å². The fourth-order valence-electron chi connectivity index (χ4n) is 3.86. The number of rotatable bonds is 4. The van der Waals surface area contributed by atoms with Gasteiger partial charge in [0.2, 0.25) is 5.91 Å². The Kier molecular flexibility index (Phi) is 4.67. The molecule has 0 saturated heterocycles. The highest BCUT2D eigenvalue weighted by Crippen LogP contribution is 2.41. The zero-order chi connectivity index (χ0) is 19.9. The molecule has 1 aromatic heterocycles. The average Bonchev–Trinajstić information content (AvgIpc) is 3.28. The van der Waals surface area contributed by atoms with Crippen LogP contribution in [0.5, 0.6) is 0 Å². The molecular weight excluding hydrogens is 398 g/mol. The topological polar surface area (TPSA) is 91.9 Å². The minimum absolute atomic E-state index is 0.119. The van der Waals surface area contributed by atoms with Crippen molar-refractivity contribution in [2.75, 3.05) is 5.32 Å². The second kappa shape index (κ2) is 6.90. The summed E-state index contributed by atoms with van der Waals surface area (Å²) in [7, 11) is -3.87. The molecule has 2 aromatic carbocycles. The van der Waals surface area contributed by atoms with E-state index < -0.39 is 20.5 Å². The highest BCUT2D eigenvalue weighted by atomic mass is 35.5. The number of carbonyl (C=O) groups excluding carboxylic acids is 1. The number of aryl methyl sites for hydroxylation is 1. The van der Waals surface area contributed by atoms with Gasteiger partial charge in [-0.15, -0.1) is 0 Å². The Labute approximate surface area is 168 Å². The summed E-state index contributed by atoms with van der Waals surface area (Å²) in [5.41, 5.74) is 2.12. The number of aromatic nitrogens is 2. The molecule has 28 heavy (non-hydrogen) atoms. The first-order valence-corrected chi connectivity index (χ1v) is 11.0. The standard InChI is InChI=1S/C20H20ClN3O3S/c1-13-22-17-9-6-15(12-18(17)23-13)24-19(25)20(10-2-3-11-20)28(26,27)16-7-4-14(21)5-8-16/h4-9,12H,2-3,10-11H2,1H3,(H,22,23)(H,24,25). The predicted molar refractivity (Wildman–Crippen MR) is 109 cm³/mol. The first-order chi connectivity index (χ1) is 13.3. The van der Waals surface area contributed by atoms with Crippen molar-refractivity contribution in [1.82, 2.24) is 9.97 Å². The summed E-state index contributed by atoms with van der Waals surface area (Å²) >= 11 is 5.89. The lowest BCUT2D eigenvalue weighted by atomic mass is 10.1. The quantitative estimate of drug-likeness (QED) is 0.663. The fourth-order valence-corrected chi connectivity index (χ4v) is 6.06. The third-order valence-corrected chi connectivity index (χ3v) is 8.09. The molecule has 8 heteroatoms. The lowest BCUT2D eigenvalue weighted by Gasteiger charge is -2.27. The smallest absolute Gasteiger partial charge is 0.246 e. The van der Waals surface area contributed by atoms with Crippen molar-refractivity contribution < 1.29 is 13.2 Å². The molecule has 0 spiro atoms. The maximum absolute atomic E-state index is 13.4. The van der Waals surface area contributed by atoms with E-state index in [1.54, 1.807) is 18.2 Å². The van der Waals surface area contributed by atoms with Crippen LogP contribution in [-0.4, -0.2) is 29.0 Å². The van der Waals surface area contributed by atoms with Gasteiger partial charge in [0, 0.05) is 10.7 Å². The number of imidazole rings is 1. The van der Waals surface area contributed by atoms with Crippen LogP contribution in [0.4, 0.5) is 5.69 Å². The highest BCUT2D eigenvalue weighted by Gasteiger charge is 2.52. The largest absolute Gasteiger partial charge is 0.342 e. The molecule has 1 amide bonds. The average molecular weight is 418 g/mol. The highest BCUT2D eigenvalue weighted by molar-refractivity contribution is 7.93. The summed E-state index contributed by atoms with van der Waals surface area (Å²) in [4.78, 5) is 20.8. The summed E-state index contributed by atoms with van der Waals surface area (Å²) in [6, 6.07) is 11.3. The number of hydrogen-bond acceptors (Lipinski definition) is 4. The molecule has 0 bridgehead atoms. The number of anilines is 1. The van der Waals surface area contributed by atoms with E-state index >= 15 is 0 Å². The molecule has 1 aliphatic carbocycles. The molecule has 0 atom stereocenters. The number of amides is 1. The number of nitrogens with one attached hydrogen (secondary N) is 2. The van der Waals surface area contributed by atoms with Crippen molar-refractivity contribution in [2.45, 2.75) is 42.2 Å². The maximum Gasteiger partial charge on any atom is 0.246 e. The Morgan fingerprint density at radius 2 is 1.82 bits per heavy atom. The van der Waals surface area contributed by atoms with Gasteiger partial charge >= 0.3 is 0 Å². The first-order valence-electron chi connectivity index (χ1n) is 9.10. The number of benzene rings is 2. The number of sulfone groups is 1. The van der Waals surface area contributed by atoms with Crippen LogP contribution in [0.2, 0.25) is 5.02 Å². The SMILES string of the molecule is Cc1nc2ccc(NC(=O)C3(S(=O)(=O)c4ccc(Cl)cc4)CCCC3)cc2[nH]1. The second-order valence-corrected chi connectivity index (χ2v) is 9.86. The van der Waals surface area contributed by atoms with E-state index in [9.17, 15) is 13.2 Å². The van der Waals surface area contributed by atoms with Crippen LogP contribution in [0.25, 0.3) is 11.0 Å². The van der Waals surface area contributed by atoms with Crippen molar-refractivity contribution in [3.63, 3.8) is 0 Å². The number of hydrogen-bond donors (Lipinski definition) is 2. The third kappa shape index (κ3) is 3.08. The summed E-state index contributed by atoms with van der Waals surface area (Å²) in [5, 5.41) is 3.27. The van der Waals surface area contributed by atoms with E-state index in [2.05, 4.69) is 15.3 Å². The molecule has 0 aliphatic heterocycles. The Balaban J connectivity index is 1.69. The van der Waals surface area contributed by atoms with E-state index in [1.165, 1.54) is 24.3 Å². The number of aromatic amines is 1. The molecule has 1 aliphatic rings. The van der Waals surface area contributed by atoms with Gasteiger partial charge in [-0.1, -0.05) is 24.4 Å². The van der Waals surface area contributed by atoms with E-state index in [-0.39, 0.29) is 4.90 Å². The predicted octanol–water partition coefficient (Wildman–Crippen LogP) is 4.25. The molecule has 4 rings (SSSR count). The van der Waals surface area contributed by atoms with Crippen LogP contribution in [-0.2, 0) is 14.6 Å². The molecule has 0 unspecified atom stereocenters. The minimum Gasteiger partial charge on any atom is -0.342 e. The van der Waals surface area contributed by atoms with Crippen LogP contribution in [0.15, 0.2) is 47.4 Å². The van der Waals surface area contributed by atoms with E-state index in [0.717, 1.165) is 16.9 Å². The summed E-state index contributed by atoms with van der Waals surface area (Å²) in [6.45, 7) is 1.85.